The molecular formula is C18H23FN2O3. The number of carbonyl (C=O) groups excluding carboxylic acids is 2. The molecule has 1 aliphatic carbocycles. The van der Waals surface area contributed by atoms with Gasteiger partial charge in [-0.3, -0.25) is 9.59 Å². The number of rotatable bonds is 6. The maximum absolute atomic E-state index is 12.8. The highest BCUT2D eigenvalue weighted by Gasteiger charge is 2.36. The number of ether oxygens (including phenoxy) is 1. The first-order chi connectivity index (χ1) is 11.6. The Bertz CT molecular complexity index is 586. The van der Waals surface area contributed by atoms with Crippen LogP contribution in [-0.2, 0) is 9.59 Å². The number of halogens is 1. The summed E-state index contributed by atoms with van der Waals surface area (Å²) in [4.78, 5) is 26.2. The summed E-state index contributed by atoms with van der Waals surface area (Å²) in [6.45, 7) is 2.02. The lowest BCUT2D eigenvalue weighted by molar-refractivity contribution is -0.136. The summed E-state index contributed by atoms with van der Waals surface area (Å²) < 4.78 is 18.2. The number of nitrogens with zero attached hydrogens (tertiary/aromatic N) is 1. The van der Waals surface area contributed by atoms with Crippen LogP contribution in [0.25, 0.3) is 0 Å². The minimum absolute atomic E-state index is 0.0222. The van der Waals surface area contributed by atoms with Crippen LogP contribution in [0.15, 0.2) is 24.3 Å². The summed E-state index contributed by atoms with van der Waals surface area (Å²) in [5, 5.41) is 2.86. The predicted octanol–water partition coefficient (Wildman–Crippen LogP) is 1.97. The fraction of sp³-hybridized carbons (Fsp3) is 0.556. The lowest BCUT2D eigenvalue weighted by Crippen LogP contribution is -2.46. The fourth-order valence-electron chi connectivity index (χ4n) is 3.00. The molecule has 1 saturated carbocycles. The first-order valence-electron chi connectivity index (χ1n) is 8.58. The average molecular weight is 334 g/mol. The first-order valence-corrected chi connectivity index (χ1v) is 8.58. The minimum atomic E-state index is -0.307. The number of carbonyl (C=O) groups is 2. The van der Waals surface area contributed by atoms with Gasteiger partial charge in [-0.25, -0.2) is 4.39 Å². The highest BCUT2D eigenvalue weighted by molar-refractivity contribution is 5.83. The van der Waals surface area contributed by atoms with Crippen LogP contribution in [0, 0.1) is 17.7 Å². The van der Waals surface area contributed by atoms with E-state index in [1.165, 1.54) is 12.1 Å². The molecule has 1 aliphatic heterocycles. The van der Waals surface area contributed by atoms with Crippen LogP contribution in [0.2, 0.25) is 0 Å². The Morgan fingerprint density at radius 3 is 2.62 bits per heavy atom. The van der Waals surface area contributed by atoms with Gasteiger partial charge in [0.25, 0.3) is 0 Å². The number of hydrogen-bond donors (Lipinski definition) is 1. The van der Waals surface area contributed by atoms with Crippen molar-refractivity contribution in [2.24, 2.45) is 11.8 Å². The van der Waals surface area contributed by atoms with Gasteiger partial charge in [0, 0.05) is 19.0 Å². The Kier molecular flexibility index (Phi) is 5.33. The molecule has 2 amide bonds. The molecule has 0 unspecified atom stereocenters. The summed E-state index contributed by atoms with van der Waals surface area (Å²) >= 11 is 0. The largest absolute Gasteiger partial charge is 0.492 e. The van der Waals surface area contributed by atoms with Gasteiger partial charge in [-0.05, 0) is 49.9 Å². The van der Waals surface area contributed by atoms with Crippen LogP contribution in [0.3, 0.4) is 0 Å². The zero-order valence-corrected chi connectivity index (χ0v) is 13.7. The van der Waals surface area contributed by atoms with Crippen LogP contribution in [0.5, 0.6) is 5.75 Å². The third-order valence-electron chi connectivity index (χ3n) is 4.51. The Balaban J connectivity index is 1.38. The average Bonchev–Trinajstić information content (AvgIpc) is 3.44. The highest BCUT2D eigenvalue weighted by atomic mass is 19.1. The number of amides is 2. The van der Waals surface area contributed by atoms with Crippen molar-refractivity contribution in [1.29, 1.82) is 0 Å². The molecule has 2 aliphatic rings. The van der Waals surface area contributed by atoms with Crippen molar-refractivity contribution in [3.8, 4) is 5.75 Å². The number of benzene rings is 1. The summed E-state index contributed by atoms with van der Waals surface area (Å²) in [7, 11) is 0. The van der Waals surface area contributed by atoms with Gasteiger partial charge in [-0.1, -0.05) is 0 Å². The monoisotopic (exact) mass is 334 g/mol. The molecule has 24 heavy (non-hydrogen) atoms. The lowest BCUT2D eigenvalue weighted by atomic mass is 9.97. The van der Waals surface area contributed by atoms with E-state index in [0.717, 1.165) is 32.2 Å². The van der Waals surface area contributed by atoms with Gasteiger partial charge in [0.1, 0.15) is 18.2 Å². The zero-order chi connectivity index (χ0) is 16.9. The van der Waals surface area contributed by atoms with Gasteiger partial charge in [0.05, 0.1) is 12.5 Å². The van der Waals surface area contributed by atoms with Crippen molar-refractivity contribution in [3.63, 3.8) is 0 Å². The molecule has 6 heteroatoms. The third-order valence-corrected chi connectivity index (χ3v) is 4.51. The number of piperidine rings is 1. The number of nitrogens with one attached hydrogen (secondary N) is 1. The second-order valence-electron chi connectivity index (χ2n) is 6.49. The smallest absolute Gasteiger partial charge is 0.225 e. The van der Waals surface area contributed by atoms with Gasteiger partial charge < -0.3 is 15.0 Å². The number of likely N-dealkylation sites (tertiary alicyclic amines) is 1. The number of hydrogen-bond acceptors (Lipinski definition) is 3. The van der Waals surface area contributed by atoms with E-state index >= 15 is 0 Å². The maximum Gasteiger partial charge on any atom is 0.225 e. The standard InChI is InChI=1S/C18H23FN2O3/c19-15-5-7-16(8-6-15)24-11-9-20-17(22)14-2-1-10-21(12-14)18(23)13-3-4-13/h5-8,13-14H,1-4,9-12H2,(H,20,22)/t14-/m1/s1. The molecule has 0 bridgehead atoms. The maximum atomic E-state index is 12.8. The van der Waals surface area contributed by atoms with Gasteiger partial charge in [0.2, 0.25) is 11.8 Å². The SMILES string of the molecule is O=C(NCCOc1ccc(F)cc1)[C@@H]1CCCN(C(=O)C2CC2)C1. The Morgan fingerprint density at radius 2 is 1.92 bits per heavy atom. The van der Waals surface area contributed by atoms with E-state index < -0.39 is 0 Å². The molecular weight excluding hydrogens is 311 g/mol. The van der Waals surface area contributed by atoms with Crippen molar-refractivity contribution >= 4 is 11.8 Å². The van der Waals surface area contributed by atoms with Gasteiger partial charge in [-0.15, -0.1) is 0 Å². The van der Waals surface area contributed by atoms with Crippen molar-refractivity contribution < 1.29 is 18.7 Å². The van der Waals surface area contributed by atoms with E-state index in [-0.39, 0.29) is 29.5 Å². The van der Waals surface area contributed by atoms with Crippen molar-refractivity contribution in [2.75, 3.05) is 26.2 Å². The van der Waals surface area contributed by atoms with Crippen molar-refractivity contribution in [1.82, 2.24) is 10.2 Å². The lowest BCUT2D eigenvalue weighted by Gasteiger charge is -2.32. The molecule has 130 valence electrons. The summed E-state index contributed by atoms with van der Waals surface area (Å²) in [6, 6.07) is 5.78. The van der Waals surface area contributed by atoms with E-state index in [0.29, 0.717) is 25.4 Å². The van der Waals surface area contributed by atoms with Crippen molar-refractivity contribution in [3.05, 3.63) is 30.1 Å². The zero-order valence-electron chi connectivity index (χ0n) is 13.7. The quantitative estimate of drug-likeness (QED) is 0.809. The Hall–Kier alpha value is -2.11. The molecule has 1 heterocycles. The fourth-order valence-corrected chi connectivity index (χ4v) is 3.00. The van der Waals surface area contributed by atoms with E-state index in [2.05, 4.69) is 5.32 Å². The van der Waals surface area contributed by atoms with Crippen LogP contribution < -0.4 is 10.1 Å². The van der Waals surface area contributed by atoms with Gasteiger partial charge in [-0.2, -0.15) is 0 Å². The first kappa shape index (κ1) is 16.7. The Morgan fingerprint density at radius 1 is 1.17 bits per heavy atom. The second kappa shape index (κ2) is 7.64. The molecule has 5 nitrogen and oxygen atoms in total. The molecule has 1 aromatic carbocycles. The molecule has 1 N–H and O–H groups in total. The molecule has 0 aromatic heterocycles. The summed E-state index contributed by atoms with van der Waals surface area (Å²) in [6.07, 6.45) is 3.68. The van der Waals surface area contributed by atoms with Crippen LogP contribution in [0.1, 0.15) is 25.7 Å². The van der Waals surface area contributed by atoms with Crippen LogP contribution in [-0.4, -0.2) is 43.0 Å². The van der Waals surface area contributed by atoms with Crippen LogP contribution >= 0.6 is 0 Å². The van der Waals surface area contributed by atoms with Crippen LogP contribution in [0.4, 0.5) is 4.39 Å². The molecule has 1 saturated heterocycles. The summed E-state index contributed by atoms with van der Waals surface area (Å²) in [5.41, 5.74) is 0. The minimum Gasteiger partial charge on any atom is -0.492 e. The van der Waals surface area contributed by atoms with E-state index in [1.54, 1.807) is 12.1 Å². The molecule has 0 spiro atoms. The molecule has 3 rings (SSSR count). The van der Waals surface area contributed by atoms with E-state index in [4.69, 9.17) is 4.74 Å². The molecule has 0 radical (unpaired) electrons. The Labute approximate surface area is 141 Å². The molecule has 2 fully saturated rings. The summed E-state index contributed by atoms with van der Waals surface area (Å²) in [5.74, 6) is 0.532. The van der Waals surface area contributed by atoms with Gasteiger partial charge >= 0.3 is 0 Å². The van der Waals surface area contributed by atoms with E-state index in [1.807, 2.05) is 4.90 Å². The molecule has 1 atom stereocenters. The highest BCUT2D eigenvalue weighted by Crippen LogP contribution is 2.32. The van der Waals surface area contributed by atoms with Gasteiger partial charge in [0.15, 0.2) is 0 Å². The third kappa shape index (κ3) is 4.46. The van der Waals surface area contributed by atoms with E-state index in [9.17, 15) is 14.0 Å². The topological polar surface area (TPSA) is 58.6 Å². The predicted molar refractivity (Wildman–Crippen MR) is 86.9 cm³/mol. The molecule has 1 aromatic rings. The van der Waals surface area contributed by atoms with Crippen molar-refractivity contribution in [2.45, 2.75) is 25.7 Å². The normalized spacial score (nSPS) is 20.5. The second-order valence-corrected chi connectivity index (χ2v) is 6.49.